The number of aromatic nitrogens is 7. The van der Waals surface area contributed by atoms with Crippen molar-refractivity contribution in [1.82, 2.24) is 34.9 Å². The molecule has 310 valence electrons. The highest BCUT2D eigenvalue weighted by atomic mass is 35.5. The first-order valence-corrected chi connectivity index (χ1v) is 18.6. The van der Waals surface area contributed by atoms with Gasteiger partial charge in [-0.1, -0.05) is 24.3 Å². The van der Waals surface area contributed by atoms with Gasteiger partial charge < -0.3 is 20.4 Å². The van der Waals surface area contributed by atoms with Crippen molar-refractivity contribution in [2.24, 2.45) is 5.92 Å². The molecule has 21 heteroatoms. The maximum atomic E-state index is 13.3. The van der Waals surface area contributed by atoms with E-state index in [4.69, 9.17) is 11.6 Å². The number of pyridine rings is 3. The van der Waals surface area contributed by atoms with Gasteiger partial charge in [0.15, 0.2) is 11.3 Å². The number of anilines is 4. The van der Waals surface area contributed by atoms with Crippen LogP contribution in [0.15, 0.2) is 79.3 Å². The third-order valence-electron chi connectivity index (χ3n) is 9.64. The fourth-order valence-corrected chi connectivity index (χ4v) is 6.97. The molecule has 1 aromatic carbocycles. The van der Waals surface area contributed by atoms with Crippen LogP contribution in [0.3, 0.4) is 0 Å². The Labute approximate surface area is 335 Å². The summed E-state index contributed by atoms with van der Waals surface area (Å²) in [7, 11) is 0. The van der Waals surface area contributed by atoms with Gasteiger partial charge in [-0.15, -0.1) is 11.6 Å². The molecule has 8 rings (SSSR count). The molecular weight excluding hydrogens is 817 g/mol. The predicted molar refractivity (Wildman–Crippen MR) is 203 cm³/mol. The van der Waals surface area contributed by atoms with Crippen LogP contribution in [0, 0.1) is 5.92 Å². The van der Waals surface area contributed by atoms with Gasteiger partial charge in [-0.05, 0) is 54.8 Å². The first-order chi connectivity index (χ1) is 28.0. The molecule has 11 nitrogen and oxygen atoms in total. The Morgan fingerprint density at radius 1 is 0.593 bits per heavy atom. The summed E-state index contributed by atoms with van der Waals surface area (Å²) in [5.74, 6) is -0.335. The standard InChI is InChI=1S/C20H17F6N5.C18H16ClF3N6/c21-19(22,23)13-7-9-31(11-13)18-29-16-14(5-3-8-27-16)17(30-18)28-10-12-4-1-2-6-15(12)20(24,25)26;19-12-5-8-28(10-12)17-26-15-13(4-2-7-24-15)16(27-17)25-9-11-3-1-6-23-14(11)18(20,21)22/h1-6,8,13H,7,9-11H2,(H,27,28,29,30);1-4,6-7,12H,5,8-10H2,(H,24,25,26,27). The van der Waals surface area contributed by atoms with Crippen LogP contribution in [0.1, 0.15) is 35.2 Å². The first-order valence-electron chi connectivity index (χ1n) is 18.1. The number of hydrogen-bond donors (Lipinski definition) is 2. The van der Waals surface area contributed by atoms with Crippen molar-refractivity contribution in [3.8, 4) is 0 Å². The van der Waals surface area contributed by atoms with Gasteiger partial charge >= 0.3 is 18.5 Å². The van der Waals surface area contributed by atoms with E-state index in [2.05, 4.69) is 45.5 Å². The van der Waals surface area contributed by atoms with Gasteiger partial charge in [0.1, 0.15) is 17.3 Å². The van der Waals surface area contributed by atoms with Gasteiger partial charge in [-0.3, -0.25) is 4.98 Å². The molecule has 2 saturated heterocycles. The summed E-state index contributed by atoms with van der Waals surface area (Å²) in [5, 5.41) is 6.99. The lowest BCUT2D eigenvalue weighted by atomic mass is 10.1. The number of nitrogens with zero attached hydrogens (tertiary/aromatic N) is 9. The molecule has 59 heavy (non-hydrogen) atoms. The average molecular weight is 850 g/mol. The summed E-state index contributed by atoms with van der Waals surface area (Å²) < 4.78 is 118. The molecule has 2 aliphatic rings. The summed E-state index contributed by atoms with van der Waals surface area (Å²) in [6.45, 7) is 0.909. The van der Waals surface area contributed by atoms with Crippen molar-refractivity contribution in [1.29, 1.82) is 0 Å². The lowest BCUT2D eigenvalue weighted by Crippen LogP contribution is -2.28. The van der Waals surface area contributed by atoms with Crippen LogP contribution >= 0.6 is 11.6 Å². The Bertz CT molecular complexity index is 2410. The van der Waals surface area contributed by atoms with E-state index in [9.17, 15) is 39.5 Å². The van der Waals surface area contributed by atoms with Crippen molar-refractivity contribution in [2.75, 3.05) is 46.6 Å². The normalized spacial score (nSPS) is 17.3. The Kier molecular flexibility index (Phi) is 11.8. The van der Waals surface area contributed by atoms with Crippen molar-refractivity contribution in [3.63, 3.8) is 0 Å². The summed E-state index contributed by atoms with van der Waals surface area (Å²) in [6.07, 6.45) is -8.39. The molecule has 7 heterocycles. The summed E-state index contributed by atoms with van der Waals surface area (Å²) in [5.41, 5.74) is -0.917. The number of benzene rings is 1. The number of rotatable bonds is 8. The lowest BCUT2D eigenvalue weighted by Gasteiger charge is -2.19. The highest BCUT2D eigenvalue weighted by Gasteiger charge is 2.44. The van der Waals surface area contributed by atoms with Crippen LogP contribution in [0.5, 0.6) is 0 Å². The molecule has 2 aliphatic heterocycles. The monoisotopic (exact) mass is 849 g/mol. The molecule has 0 spiro atoms. The zero-order valence-corrected chi connectivity index (χ0v) is 31.4. The molecule has 0 radical (unpaired) electrons. The molecule has 6 aromatic rings. The second-order valence-electron chi connectivity index (χ2n) is 13.7. The third kappa shape index (κ3) is 9.75. The molecular formula is C38H33ClF9N11. The van der Waals surface area contributed by atoms with Gasteiger partial charge in [-0.25, -0.2) is 9.97 Å². The Balaban J connectivity index is 0.000000180. The van der Waals surface area contributed by atoms with Crippen molar-refractivity contribution < 1.29 is 39.5 Å². The van der Waals surface area contributed by atoms with E-state index in [0.29, 0.717) is 41.3 Å². The quantitative estimate of drug-likeness (QED) is 0.113. The number of hydrogen-bond acceptors (Lipinski definition) is 11. The molecule has 0 amide bonds. The van der Waals surface area contributed by atoms with E-state index in [-0.39, 0.29) is 66.5 Å². The van der Waals surface area contributed by atoms with Gasteiger partial charge in [-0.2, -0.15) is 59.4 Å². The van der Waals surface area contributed by atoms with Crippen molar-refractivity contribution in [2.45, 2.75) is 49.8 Å². The van der Waals surface area contributed by atoms with Gasteiger partial charge in [0, 0.05) is 63.4 Å². The van der Waals surface area contributed by atoms with Crippen molar-refractivity contribution in [3.05, 3.63) is 102 Å². The molecule has 2 N–H and O–H groups in total. The molecule has 5 aromatic heterocycles. The van der Waals surface area contributed by atoms with Crippen molar-refractivity contribution >= 4 is 57.2 Å². The largest absolute Gasteiger partial charge is 0.433 e. The van der Waals surface area contributed by atoms with Crippen LogP contribution in [0.4, 0.5) is 63.0 Å². The molecule has 2 fully saturated rings. The SMILES string of the molecule is FC(F)(F)c1ccccc1CNc1nc(N2CCC(C(F)(F)F)C2)nc2ncccc12.FC(F)(F)c1ncccc1CNc1nc(N2CCC(Cl)C2)nc2ncccc12. The van der Waals surface area contributed by atoms with Crippen LogP contribution in [-0.4, -0.2) is 72.6 Å². The smallest absolute Gasteiger partial charge is 0.365 e. The zero-order chi connectivity index (χ0) is 42.0. The molecule has 0 saturated carbocycles. The molecule has 0 bridgehead atoms. The molecule has 2 atom stereocenters. The van der Waals surface area contributed by atoms with E-state index in [1.54, 1.807) is 30.5 Å². The summed E-state index contributed by atoms with van der Waals surface area (Å²) in [6, 6.07) is 14.8. The summed E-state index contributed by atoms with van der Waals surface area (Å²) in [4.78, 5) is 32.8. The zero-order valence-electron chi connectivity index (χ0n) is 30.6. The van der Waals surface area contributed by atoms with E-state index in [0.717, 1.165) is 18.7 Å². The molecule has 2 unspecified atom stereocenters. The van der Waals surface area contributed by atoms with E-state index >= 15 is 0 Å². The Hall–Kier alpha value is -5.79. The van der Waals surface area contributed by atoms with Gasteiger partial charge in [0.05, 0.1) is 27.6 Å². The third-order valence-corrected chi connectivity index (χ3v) is 10.00. The number of alkyl halides is 10. The van der Waals surface area contributed by atoms with Crippen LogP contribution < -0.4 is 20.4 Å². The maximum absolute atomic E-state index is 13.3. The van der Waals surface area contributed by atoms with Crippen LogP contribution in [-0.2, 0) is 25.4 Å². The minimum Gasteiger partial charge on any atom is -0.365 e. The van der Waals surface area contributed by atoms with E-state index < -0.39 is 35.7 Å². The Morgan fingerprint density at radius 2 is 1.12 bits per heavy atom. The minimum atomic E-state index is -4.52. The van der Waals surface area contributed by atoms with Crippen LogP contribution in [0.25, 0.3) is 22.1 Å². The van der Waals surface area contributed by atoms with Crippen LogP contribution in [0.2, 0.25) is 0 Å². The summed E-state index contributed by atoms with van der Waals surface area (Å²) >= 11 is 6.17. The average Bonchev–Trinajstić information content (AvgIpc) is 3.89. The van der Waals surface area contributed by atoms with Gasteiger partial charge in [0.2, 0.25) is 11.9 Å². The number of nitrogens with one attached hydrogen (secondary N) is 2. The number of fused-ring (bicyclic) bond motifs is 2. The number of halogens is 10. The Morgan fingerprint density at radius 3 is 1.66 bits per heavy atom. The second kappa shape index (κ2) is 16.8. The highest BCUT2D eigenvalue weighted by Crippen LogP contribution is 2.37. The fourth-order valence-electron chi connectivity index (χ4n) is 6.71. The maximum Gasteiger partial charge on any atom is 0.433 e. The minimum absolute atomic E-state index is 0.0178. The van der Waals surface area contributed by atoms with E-state index in [1.165, 1.54) is 41.4 Å². The van der Waals surface area contributed by atoms with Gasteiger partial charge in [0.25, 0.3) is 0 Å². The fraction of sp³-hybridized carbons (Fsp3) is 0.342. The molecule has 0 aliphatic carbocycles. The first kappa shape index (κ1) is 41.4. The van der Waals surface area contributed by atoms with E-state index in [1.807, 2.05) is 4.90 Å². The second-order valence-corrected chi connectivity index (χ2v) is 14.3. The lowest BCUT2D eigenvalue weighted by molar-refractivity contribution is -0.168. The predicted octanol–water partition coefficient (Wildman–Crippen LogP) is 8.91. The topological polar surface area (TPSA) is 121 Å². The highest BCUT2D eigenvalue weighted by molar-refractivity contribution is 6.21.